The van der Waals surface area contributed by atoms with Gasteiger partial charge >= 0.3 is 0 Å². The number of rotatable bonds is 2. The van der Waals surface area contributed by atoms with E-state index in [9.17, 15) is 0 Å². The summed E-state index contributed by atoms with van der Waals surface area (Å²) < 4.78 is 0. The fourth-order valence-electron chi connectivity index (χ4n) is 2.85. The van der Waals surface area contributed by atoms with E-state index < -0.39 is 0 Å². The number of guanidine groups is 2. The SMILES string of the molecule is N=C(N=C(N)N)N1CCC(CN2CCCC2)CC1. The minimum Gasteiger partial charge on any atom is -0.370 e. The van der Waals surface area contributed by atoms with Crippen LogP contribution in [-0.2, 0) is 0 Å². The lowest BCUT2D eigenvalue weighted by molar-refractivity contribution is 0.200. The van der Waals surface area contributed by atoms with E-state index in [1.165, 1.54) is 32.5 Å². The molecule has 2 rings (SSSR count). The van der Waals surface area contributed by atoms with Crippen molar-refractivity contribution in [3.63, 3.8) is 0 Å². The Morgan fingerprint density at radius 3 is 2.28 bits per heavy atom. The van der Waals surface area contributed by atoms with E-state index in [0.717, 1.165) is 31.8 Å². The quantitative estimate of drug-likeness (QED) is 0.476. The summed E-state index contributed by atoms with van der Waals surface area (Å²) in [5.41, 5.74) is 10.6. The summed E-state index contributed by atoms with van der Waals surface area (Å²) >= 11 is 0. The smallest absolute Gasteiger partial charge is 0.221 e. The van der Waals surface area contributed by atoms with Crippen LogP contribution in [0.15, 0.2) is 4.99 Å². The Labute approximate surface area is 109 Å². The molecule has 0 aromatic heterocycles. The molecular weight excluding hydrogens is 228 g/mol. The molecule has 0 radical (unpaired) electrons. The van der Waals surface area contributed by atoms with E-state index in [4.69, 9.17) is 16.9 Å². The van der Waals surface area contributed by atoms with E-state index in [1.54, 1.807) is 0 Å². The summed E-state index contributed by atoms with van der Waals surface area (Å²) in [7, 11) is 0. The van der Waals surface area contributed by atoms with E-state index >= 15 is 0 Å². The number of hydrogen-bond donors (Lipinski definition) is 3. The Kier molecular flexibility index (Phi) is 4.41. The van der Waals surface area contributed by atoms with Gasteiger partial charge in [0.1, 0.15) is 0 Å². The lowest BCUT2D eigenvalue weighted by Gasteiger charge is -2.33. The highest BCUT2D eigenvalue weighted by Gasteiger charge is 2.23. The molecule has 18 heavy (non-hydrogen) atoms. The first-order chi connectivity index (χ1) is 8.65. The monoisotopic (exact) mass is 252 g/mol. The number of aliphatic imine (C=N–C) groups is 1. The first-order valence-electron chi connectivity index (χ1n) is 6.80. The van der Waals surface area contributed by atoms with E-state index in [2.05, 4.69) is 9.89 Å². The summed E-state index contributed by atoms with van der Waals surface area (Å²) in [6.45, 7) is 5.56. The molecule has 2 fully saturated rings. The fourth-order valence-corrected chi connectivity index (χ4v) is 2.85. The third-order valence-electron chi connectivity index (χ3n) is 3.86. The first-order valence-corrected chi connectivity index (χ1v) is 6.80. The lowest BCUT2D eigenvalue weighted by atomic mass is 9.96. The number of piperidine rings is 1. The van der Waals surface area contributed by atoms with E-state index in [1.807, 2.05) is 4.90 Å². The zero-order chi connectivity index (χ0) is 13.0. The highest BCUT2D eigenvalue weighted by atomic mass is 15.3. The van der Waals surface area contributed by atoms with Crippen LogP contribution in [0.1, 0.15) is 25.7 Å². The van der Waals surface area contributed by atoms with Gasteiger partial charge in [0.25, 0.3) is 0 Å². The van der Waals surface area contributed by atoms with Crippen molar-refractivity contribution in [1.82, 2.24) is 9.80 Å². The van der Waals surface area contributed by atoms with Crippen molar-refractivity contribution in [3.05, 3.63) is 0 Å². The van der Waals surface area contributed by atoms with Crippen LogP contribution in [0, 0.1) is 11.3 Å². The standard InChI is InChI=1S/C12H24N6/c13-11(14)16-12(15)18-7-3-10(4-8-18)9-17-5-1-2-6-17/h10H,1-9H2,(H5,13,14,15,16). The molecule has 0 saturated carbocycles. The predicted molar refractivity (Wildman–Crippen MR) is 73.5 cm³/mol. The van der Waals surface area contributed by atoms with Gasteiger partial charge in [0.2, 0.25) is 5.96 Å². The molecular formula is C12H24N6. The zero-order valence-corrected chi connectivity index (χ0v) is 10.9. The molecule has 0 amide bonds. The second kappa shape index (κ2) is 6.04. The first kappa shape index (κ1) is 13.1. The van der Waals surface area contributed by atoms with Crippen molar-refractivity contribution in [2.45, 2.75) is 25.7 Å². The molecule has 2 saturated heterocycles. The minimum atomic E-state index is -0.0285. The van der Waals surface area contributed by atoms with Gasteiger partial charge in [-0.1, -0.05) is 0 Å². The van der Waals surface area contributed by atoms with Gasteiger partial charge in [-0.15, -0.1) is 0 Å². The predicted octanol–water partition coefficient (Wildman–Crippen LogP) is 0.00237. The second-order valence-electron chi connectivity index (χ2n) is 5.30. The third kappa shape index (κ3) is 3.60. The van der Waals surface area contributed by atoms with Gasteiger partial charge in [0.15, 0.2) is 5.96 Å². The molecule has 0 aromatic rings. The van der Waals surface area contributed by atoms with E-state index in [-0.39, 0.29) is 11.9 Å². The Balaban J connectivity index is 1.73. The lowest BCUT2D eigenvalue weighted by Crippen LogP contribution is -2.41. The maximum Gasteiger partial charge on any atom is 0.221 e. The van der Waals surface area contributed by atoms with Gasteiger partial charge in [-0.3, -0.25) is 5.41 Å². The average molecular weight is 252 g/mol. The summed E-state index contributed by atoms with van der Waals surface area (Å²) in [6, 6.07) is 0. The van der Waals surface area contributed by atoms with Gasteiger partial charge in [-0.05, 0) is 44.7 Å². The number of nitrogens with one attached hydrogen (secondary N) is 1. The number of likely N-dealkylation sites (tertiary alicyclic amines) is 2. The molecule has 0 unspecified atom stereocenters. The van der Waals surface area contributed by atoms with Crippen molar-refractivity contribution in [3.8, 4) is 0 Å². The highest BCUT2D eigenvalue weighted by molar-refractivity contribution is 5.91. The average Bonchev–Trinajstić information content (AvgIpc) is 2.82. The van der Waals surface area contributed by atoms with Crippen LogP contribution < -0.4 is 11.5 Å². The minimum absolute atomic E-state index is 0.0285. The molecule has 2 aliphatic heterocycles. The second-order valence-corrected chi connectivity index (χ2v) is 5.30. The van der Waals surface area contributed by atoms with Crippen LogP contribution in [0.4, 0.5) is 0 Å². The summed E-state index contributed by atoms with van der Waals surface area (Å²) in [6.07, 6.45) is 4.99. The third-order valence-corrected chi connectivity index (χ3v) is 3.86. The molecule has 2 aliphatic rings. The van der Waals surface area contributed by atoms with Gasteiger partial charge in [0, 0.05) is 19.6 Å². The Morgan fingerprint density at radius 1 is 1.11 bits per heavy atom. The molecule has 6 heteroatoms. The fraction of sp³-hybridized carbons (Fsp3) is 0.833. The molecule has 0 spiro atoms. The van der Waals surface area contributed by atoms with Crippen molar-refractivity contribution < 1.29 is 0 Å². The normalized spacial score (nSPS) is 22.1. The van der Waals surface area contributed by atoms with Gasteiger partial charge < -0.3 is 21.3 Å². The van der Waals surface area contributed by atoms with Crippen molar-refractivity contribution in [2.75, 3.05) is 32.7 Å². The van der Waals surface area contributed by atoms with Crippen LogP contribution in [0.25, 0.3) is 0 Å². The zero-order valence-electron chi connectivity index (χ0n) is 10.9. The molecule has 102 valence electrons. The largest absolute Gasteiger partial charge is 0.370 e. The molecule has 0 aliphatic carbocycles. The van der Waals surface area contributed by atoms with Crippen LogP contribution in [-0.4, -0.2) is 54.4 Å². The Bertz CT molecular complexity index is 309. The van der Waals surface area contributed by atoms with Crippen molar-refractivity contribution >= 4 is 11.9 Å². The molecule has 0 aromatic carbocycles. The maximum atomic E-state index is 7.77. The van der Waals surface area contributed by atoms with Gasteiger partial charge in [-0.2, -0.15) is 4.99 Å². The molecule has 6 nitrogen and oxygen atoms in total. The van der Waals surface area contributed by atoms with E-state index in [0.29, 0.717) is 0 Å². The Morgan fingerprint density at radius 2 is 1.72 bits per heavy atom. The van der Waals surface area contributed by atoms with Gasteiger partial charge in [-0.25, -0.2) is 0 Å². The van der Waals surface area contributed by atoms with Crippen LogP contribution in [0.5, 0.6) is 0 Å². The van der Waals surface area contributed by atoms with Gasteiger partial charge in [0.05, 0.1) is 0 Å². The van der Waals surface area contributed by atoms with Crippen LogP contribution >= 0.6 is 0 Å². The molecule has 0 bridgehead atoms. The number of nitrogens with two attached hydrogens (primary N) is 2. The summed E-state index contributed by atoms with van der Waals surface area (Å²) in [5.74, 6) is 0.945. The molecule has 0 atom stereocenters. The van der Waals surface area contributed by atoms with Crippen LogP contribution in [0.2, 0.25) is 0 Å². The topological polar surface area (TPSA) is 94.7 Å². The summed E-state index contributed by atoms with van der Waals surface area (Å²) in [4.78, 5) is 8.33. The highest BCUT2D eigenvalue weighted by Crippen LogP contribution is 2.20. The molecule has 5 N–H and O–H groups in total. The number of hydrogen-bond acceptors (Lipinski definition) is 2. The number of nitrogens with zero attached hydrogens (tertiary/aromatic N) is 3. The van der Waals surface area contributed by atoms with Crippen molar-refractivity contribution in [1.29, 1.82) is 5.41 Å². The Hall–Kier alpha value is -1.30. The molecule has 2 heterocycles. The maximum absolute atomic E-state index is 7.77. The summed E-state index contributed by atoms with van der Waals surface area (Å²) in [5, 5.41) is 7.77. The van der Waals surface area contributed by atoms with Crippen LogP contribution in [0.3, 0.4) is 0 Å². The van der Waals surface area contributed by atoms with Crippen molar-refractivity contribution in [2.24, 2.45) is 22.4 Å².